The summed E-state index contributed by atoms with van der Waals surface area (Å²) in [7, 11) is -4.74. The maximum atomic E-state index is 10.7. The standard InChI is InChI=1S/C10H13N4O8P/c15-6-4(1-21-23(18,19)20)22-10(7(6)16)14-3-13-5-8(14)11-2-12-9(5)17/h2-4,6-7,10,15-16H,1H2,(H,11,12,17)(H2,18,19,20)/t4-,6?,7+,10-/m1/s1. The van der Waals surface area contributed by atoms with E-state index < -0.39 is 39.0 Å². The number of ether oxygens (including phenoxy) is 1. The lowest BCUT2D eigenvalue weighted by atomic mass is 10.1. The van der Waals surface area contributed by atoms with Crippen molar-refractivity contribution in [1.29, 1.82) is 0 Å². The van der Waals surface area contributed by atoms with E-state index in [4.69, 9.17) is 14.5 Å². The lowest BCUT2D eigenvalue weighted by Crippen LogP contribution is -2.33. The maximum Gasteiger partial charge on any atom is 0.469 e. The summed E-state index contributed by atoms with van der Waals surface area (Å²) in [5.41, 5.74) is 0.234. The molecule has 0 spiro atoms. The highest BCUT2D eigenvalue weighted by atomic mass is 31.2. The van der Waals surface area contributed by atoms with E-state index in [-0.39, 0.29) is 17.0 Å². The predicted octanol–water partition coefficient (Wildman–Crippen LogP) is -1.74. The molecular formula is C10H13N4O8P. The van der Waals surface area contributed by atoms with Gasteiger partial charge in [-0.05, 0) is 0 Å². The van der Waals surface area contributed by atoms with Crippen molar-refractivity contribution in [1.82, 2.24) is 19.5 Å². The third kappa shape index (κ3) is 3.05. The average molecular weight is 348 g/mol. The highest BCUT2D eigenvalue weighted by molar-refractivity contribution is 7.46. The molecule has 3 heterocycles. The average Bonchev–Trinajstić information content (AvgIpc) is 3.01. The molecule has 1 fully saturated rings. The molecular weight excluding hydrogens is 335 g/mol. The Hall–Kier alpha value is -1.66. The van der Waals surface area contributed by atoms with E-state index in [2.05, 4.69) is 19.5 Å². The summed E-state index contributed by atoms with van der Waals surface area (Å²) in [5.74, 6) is -0.358. The second-order valence-electron chi connectivity index (χ2n) is 4.85. The van der Waals surface area contributed by atoms with Crippen molar-refractivity contribution in [2.24, 2.45) is 0 Å². The van der Waals surface area contributed by atoms with E-state index in [1.54, 1.807) is 0 Å². The van der Waals surface area contributed by atoms with Crippen LogP contribution in [-0.2, 0) is 13.8 Å². The van der Waals surface area contributed by atoms with Crippen LogP contribution in [0.1, 0.15) is 6.23 Å². The number of imidazole rings is 1. The van der Waals surface area contributed by atoms with Gasteiger partial charge in [0.15, 0.2) is 17.4 Å². The molecule has 1 aliphatic rings. The van der Waals surface area contributed by atoms with E-state index in [1.165, 1.54) is 10.9 Å². The minimum absolute atomic E-state index is 0.0766. The molecule has 1 unspecified atom stereocenters. The van der Waals surface area contributed by atoms with Gasteiger partial charge in [0.05, 0.1) is 12.9 Å². The molecule has 1 aliphatic heterocycles. The first-order valence-electron chi connectivity index (χ1n) is 6.36. The number of aliphatic hydroxyl groups excluding tert-OH is 2. The Morgan fingerprint density at radius 1 is 1.26 bits per heavy atom. The van der Waals surface area contributed by atoms with Crippen molar-refractivity contribution < 1.29 is 38.9 Å². The van der Waals surface area contributed by atoms with Crippen molar-refractivity contribution in [3.8, 4) is 5.88 Å². The number of hydrogen-bond donors (Lipinski definition) is 5. The number of aliphatic hydroxyl groups is 2. The van der Waals surface area contributed by atoms with E-state index in [1.807, 2.05) is 0 Å². The van der Waals surface area contributed by atoms with E-state index >= 15 is 0 Å². The van der Waals surface area contributed by atoms with Crippen LogP contribution in [0.4, 0.5) is 0 Å². The fraction of sp³-hybridized carbons (Fsp3) is 0.500. The van der Waals surface area contributed by atoms with Crippen LogP contribution in [-0.4, -0.2) is 69.5 Å². The zero-order chi connectivity index (χ0) is 16.8. The van der Waals surface area contributed by atoms with Crippen LogP contribution in [0.25, 0.3) is 11.2 Å². The van der Waals surface area contributed by atoms with Gasteiger partial charge in [0.25, 0.3) is 0 Å². The Kier molecular flexibility index (Phi) is 4.06. The van der Waals surface area contributed by atoms with Crippen molar-refractivity contribution in [2.75, 3.05) is 6.61 Å². The van der Waals surface area contributed by atoms with Gasteiger partial charge in [-0.1, -0.05) is 0 Å². The summed E-state index contributed by atoms with van der Waals surface area (Å²) in [6.45, 7) is -0.619. The Morgan fingerprint density at radius 3 is 2.70 bits per heavy atom. The number of hydrogen-bond acceptors (Lipinski definition) is 9. The van der Waals surface area contributed by atoms with Crippen LogP contribution in [0, 0.1) is 0 Å². The quantitative estimate of drug-likeness (QED) is 0.396. The summed E-state index contributed by atoms with van der Waals surface area (Å²) in [5, 5.41) is 29.6. The van der Waals surface area contributed by atoms with Crippen LogP contribution < -0.4 is 0 Å². The summed E-state index contributed by atoms with van der Waals surface area (Å²) >= 11 is 0. The molecule has 2 aromatic rings. The molecule has 1 saturated heterocycles. The smallest absolute Gasteiger partial charge is 0.469 e. The van der Waals surface area contributed by atoms with Gasteiger partial charge in [-0.3, -0.25) is 9.09 Å². The lowest BCUT2D eigenvalue weighted by molar-refractivity contribution is -0.0504. The highest BCUT2D eigenvalue weighted by Crippen LogP contribution is 2.38. The molecule has 0 bridgehead atoms. The van der Waals surface area contributed by atoms with Gasteiger partial charge in [-0.15, -0.1) is 0 Å². The van der Waals surface area contributed by atoms with Crippen LogP contribution in [0.15, 0.2) is 12.7 Å². The van der Waals surface area contributed by atoms with Crippen molar-refractivity contribution >= 4 is 19.0 Å². The van der Waals surface area contributed by atoms with Crippen LogP contribution >= 0.6 is 7.82 Å². The first-order valence-corrected chi connectivity index (χ1v) is 7.89. The van der Waals surface area contributed by atoms with Gasteiger partial charge in [0, 0.05) is 0 Å². The number of rotatable bonds is 4. The Labute approximate surface area is 128 Å². The Balaban J connectivity index is 1.85. The Morgan fingerprint density at radius 2 is 2.00 bits per heavy atom. The zero-order valence-corrected chi connectivity index (χ0v) is 12.3. The van der Waals surface area contributed by atoms with Gasteiger partial charge < -0.3 is 29.8 Å². The topological polar surface area (TPSA) is 180 Å². The van der Waals surface area contributed by atoms with Crippen molar-refractivity contribution in [2.45, 2.75) is 24.5 Å². The van der Waals surface area contributed by atoms with Crippen molar-refractivity contribution in [3.05, 3.63) is 12.7 Å². The number of fused-ring (bicyclic) bond motifs is 1. The minimum Gasteiger partial charge on any atom is -0.492 e. The summed E-state index contributed by atoms with van der Waals surface area (Å²) < 4.78 is 21.6. The fourth-order valence-electron chi connectivity index (χ4n) is 2.29. The molecule has 0 aromatic carbocycles. The number of aromatic hydroxyl groups is 1. The number of phosphoric ester groups is 1. The lowest BCUT2D eigenvalue weighted by Gasteiger charge is -2.16. The molecule has 4 atom stereocenters. The van der Waals surface area contributed by atoms with Crippen molar-refractivity contribution in [3.63, 3.8) is 0 Å². The molecule has 0 radical (unpaired) electrons. The van der Waals surface area contributed by atoms with Crippen LogP contribution in [0.3, 0.4) is 0 Å². The van der Waals surface area contributed by atoms with Gasteiger partial charge >= 0.3 is 7.82 Å². The largest absolute Gasteiger partial charge is 0.492 e. The van der Waals surface area contributed by atoms with Gasteiger partial charge in [0.1, 0.15) is 24.6 Å². The van der Waals surface area contributed by atoms with E-state index in [0.29, 0.717) is 0 Å². The Bertz CT molecular complexity index is 762. The molecule has 0 amide bonds. The molecule has 126 valence electrons. The SMILES string of the molecule is O=P(O)(O)OC[C@H]1O[C@@H](n2cnc3c(O)ncnc32)[C@@H](O)C1O. The number of nitrogens with zero attached hydrogens (tertiary/aromatic N) is 4. The number of phosphoric acid groups is 1. The summed E-state index contributed by atoms with van der Waals surface area (Å²) in [6.07, 6.45) is -2.85. The number of aromatic nitrogens is 4. The molecule has 3 rings (SSSR count). The maximum absolute atomic E-state index is 10.7. The third-order valence-corrected chi connectivity index (χ3v) is 3.84. The molecule has 13 heteroatoms. The highest BCUT2D eigenvalue weighted by Gasteiger charge is 2.45. The summed E-state index contributed by atoms with van der Waals surface area (Å²) in [4.78, 5) is 28.7. The minimum atomic E-state index is -4.74. The predicted molar refractivity (Wildman–Crippen MR) is 70.9 cm³/mol. The molecule has 0 aliphatic carbocycles. The second-order valence-corrected chi connectivity index (χ2v) is 6.09. The fourth-order valence-corrected chi connectivity index (χ4v) is 2.63. The zero-order valence-electron chi connectivity index (χ0n) is 11.4. The summed E-state index contributed by atoms with van der Waals surface area (Å²) in [6, 6.07) is 0. The molecule has 2 aromatic heterocycles. The first-order chi connectivity index (χ1) is 10.8. The molecule has 12 nitrogen and oxygen atoms in total. The van der Waals surface area contributed by atoms with E-state index in [0.717, 1.165) is 6.33 Å². The van der Waals surface area contributed by atoms with Crippen LogP contribution in [0.5, 0.6) is 5.88 Å². The molecule has 5 N–H and O–H groups in total. The molecule has 23 heavy (non-hydrogen) atoms. The van der Waals surface area contributed by atoms with Gasteiger partial charge in [-0.2, -0.15) is 4.98 Å². The first kappa shape index (κ1) is 16.2. The van der Waals surface area contributed by atoms with Crippen LogP contribution in [0.2, 0.25) is 0 Å². The van der Waals surface area contributed by atoms with Gasteiger partial charge in [0.2, 0.25) is 5.88 Å². The van der Waals surface area contributed by atoms with Gasteiger partial charge in [-0.25, -0.2) is 14.5 Å². The van der Waals surface area contributed by atoms with E-state index in [9.17, 15) is 19.9 Å². The monoisotopic (exact) mass is 348 g/mol. The third-order valence-electron chi connectivity index (χ3n) is 3.36. The molecule has 0 saturated carbocycles. The second kappa shape index (κ2) is 5.76. The normalized spacial score (nSPS) is 28.5.